The maximum Gasteiger partial charge on any atom is 0.418 e. The summed E-state index contributed by atoms with van der Waals surface area (Å²) in [6, 6.07) is 21.7. The first-order valence-electron chi connectivity index (χ1n) is 21.9. The molecule has 2 aromatic heterocycles. The lowest BCUT2D eigenvalue weighted by molar-refractivity contribution is -0.136. The molecular formula is C55H49Cl4F3N8O5. The third-order valence-corrected chi connectivity index (χ3v) is 12.7. The fourth-order valence-electron chi connectivity index (χ4n) is 7.67. The Bertz CT molecular complexity index is 3470. The van der Waals surface area contributed by atoms with Gasteiger partial charge in [-0.1, -0.05) is 97.8 Å². The molecule has 0 fully saturated rings. The highest BCUT2D eigenvalue weighted by atomic mass is 35.5. The summed E-state index contributed by atoms with van der Waals surface area (Å²) in [6.45, 7) is 14.7. The molecule has 0 aliphatic heterocycles. The molecular weight excluding hydrogens is 1050 g/mol. The van der Waals surface area contributed by atoms with E-state index in [9.17, 15) is 18.0 Å². The molecule has 0 saturated carbocycles. The van der Waals surface area contributed by atoms with E-state index in [0.717, 1.165) is 28.1 Å². The molecule has 0 aliphatic rings. The topological polar surface area (TPSA) is 154 Å². The number of fused-ring (bicyclic) bond motifs is 2. The minimum atomic E-state index is -4.63. The Kier molecular flexibility index (Phi) is 18.1. The zero-order valence-electron chi connectivity index (χ0n) is 40.4. The summed E-state index contributed by atoms with van der Waals surface area (Å²) in [7, 11) is 6.02. The van der Waals surface area contributed by atoms with Gasteiger partial charge in [-0.25, -0.2) is 19.9 Å². The van der Waals surface area contributed by atoms with Gasteiger partial charge < -0.3 is 40.2 Å². The largest absolute Gasteiger partial charge is 0.495 e. The van der Waals surface area contributed by atoms with Crippen LogP contribution in [0.25, 0.3) is 44.1 Å². The molecule has 0 unspecified atom stereocenters. The summed E-state index contributed by atoms with van der Waals surface area (Å²) in [6.07, 6.45) is 1.18. The standard InChI is InChI=1S/C27H21Cl2F3N4O2.C27H24Cl2N4O3.CH4/c1-5-14(2)34-19-8-6-7-17(27(30,31)32)25(19)36-26-33-13-16-11-15(9-10-18(16)35-26)22-23(28)20(37-3)12-21(38-4)24(22)29;1-6-22(34)31-19-10-14(2)9-15(3)26(19)33-27-30-13-17-11-16(7-8-18(17)32-27)23-24(28)20(35-4)12-21(36-5)25(23)29;/h5-13,34H,1-2H2,3-4H3,(H,33,35,36);6-13H,1H2,2-5H3,(H,31,34)(H,30,32,33);1H4. The van der Waals surface area contributed by atoms with Crippen molar-refractivity contribution in [3.63, 3.8) is 0 Å². The summed E-state index contributed by atoms with van der Waals surface area (Å²) in [5, 5.41) is 14.3. The van der Waals surface area contributed by atoms with Crippen molar-refractivity contribution in [1.29, 1.82) is 0 Å². The van der Waals surface area contributed by atoms with E-state index in [0.29, 0.717) is 99.2 Å². The van der Waals surface area contributed by atoms with Crippen LogP contribution in [0.5, 0.6) is 23.0 Å². The Morgan fingerprint density at radius 2 is 1.08 bits per heavy atom. The smallest absolute Gasteiger partial charge is 0.418 e. The number of hydrogen-bond donors (Lipinski definition) is 4. The highest BCUT2D eigenvalue weighted by Crippen LogP contribution is 2.48. The lowest BCUT2D eigenvalue weighted by atomic mass is 10.0. The molecule has 0 bridgehead atoms. The SMILES string of the molecule is C.C=CC(=C)Nc1cccc(C(F)(F)F)c1Nc1ncc2cc(-c3c(Cl)c(OC)cc(OC)c3Cl)ccc2n1.C=CC(=O)Nc1cc(C)cc(C)c1Nc1ncc2cc(-c3c(Cl)c(OC)cc(OC)c3Cl)ccc2n1. The van der Waals surface area contributed by atoms with Crippen molar-refractivity contribution in [2.45, 2.75) is 27.5 Å². The Labute approximate surface area is 451 Å². The van der Waals surface area contributed by atoms with Crippen LogP contribution in [-0.4, -0.2) is 54.3 Å². The van der Waals surface area contributed by atoms with Gasteiger partial charge in [-0.05, 0) is 90.7 Å². The Morgan fingerprint density at radius 1 is 0.613 bits per heavy atom. The predicted octanol–water partition coefficient (Wildman–Crippen LogP) is 16.2. The number of anilines is 6. The molecule has 8 aromatic rings. The molecule has 13 nitrogen and oxygen atoms in total. The van der Waals surface area contributed by atoms with E-state index in [1.165, 1.54) is 58.9 Å². The maximum atomic E-state index is 13.8. The number of benzene rings is 6. The van der Waals surface area contributed by atoms with Crippen LogP contribution < -0.4 is 40.2 Å². The highest BCUT2D eigenvalue weighted by molar-refractivity contribution is 6.42. The number of aromatic nitrogens is 4. The molecule has 20 heteroatoms. The van der Waals surface area contributed by atoms with E-state index >= 15 is 0 Å². The number of para-hydroxylation sites is 1. The Morgan fingerprint density at radius 3 is 1.51 bits per heavy atom. The van der Waals surface area contributed by atoms with Crippen LogP contribution in [-0.2, 0) is 11.0 Å². The molecule has 8 rings (SSSR count). The van der Waals surface area contributed by atoms with Crippen molar-refractivity contribution in [2.24, 2.45) is 0 Å². The van der Waals surface area contributed by atoms with E-state index in [1.807, 2.05) is 44.2 Å². The van der Waals surface area contributed by atoms with E-state index < -0.39 is 11.7 Å². The number of nitrogens with zero attached hydrogens (tertiary/aromatic N) is 4. The molecule has 75 heavy (non-hydrogen) atoms. The number of hydrogen-bond acceptors (Lipinski definition) is 12. The molecule has 0 saturated heterocycles. The van der Waals surface area contributed by atoms with Crippen LogP contribution in [0.4, 0.5) is 47.8 Å². The Balaban J connectivity index is 0.000000241. The number of rotatable bonds is 15. The van der Waals surface area contributed by atoms with E-state index in [-0.39, 0.29) is 30.7 Å². The minimum Gasteiger partial charge on any atom is -0.495 e. The summed E-state index contributed by atoms with van der Waals surface area (Å²) < 4.78 is 62.8. The quantitative estimate of drug-likeness (QED) is 0.0571. The fourth-order valence-corrected chi connectivity index (χ4v) is 9.11. The summed E-state index contributed by atoms with van der Waals surface area (Å²) in [5.74, 6) is 1.72. The number of amides is 1. The van der Waals surface area contributed by atoms with Gasteiger partial charge in [0.05, 0.1) is 87.9 Å². The van der Waals surface area contributed by atoms with Crippen LogP contribution in [0.3, 0.4) is 0 Å². The monoisotopic (exact) mass is 1100 g/mol. The first kappa shape index (κ1) is 56.5. The van der Waals surface area contributed by atoms with Gasteiger partial charge in [-0.15, -0.1) is 0 Å². The molecule has 4 N–H and O–H groups in total. The van der Waals surface area contributed by atoms with Gasteiger partial charge in [0.2, 0.25) is 17.8 Å². The summed E-state index contributed by atoms with van der Waals surface area (Å²) in [4.78, 5) is 29.7. The van der Waals surface area contributed by atoms with Crippen LogP contribution in [0.15, 0.2) is 129 Å². The maximum absolute atomic E-state index is 13.8. The lowest BCUT2D eigenvalue weighted by Gasteiger charge is -2.19. The number of methoxy groups -OCH3 is 4. The predicted molar refractivity (Wildman–Crippen MR) is 299 cm³/mol. The van der Waals surface area contributed by atoms with Crippen LogP contribution in [0, 0.1) is 13.8 Å². The van der Waals surface area contributed by atoms with Gasteiger partial charge in [-0.3, -0.25) is 4.79 Å². The van der Waals surface area contributed by atoms with Gasteiger partial charge in [0.1, 0.15) is 23.0 Å². The zero-order valence-corrected chi connectivity index (χ0v) is 43.4. The summed E-state index contributed by atoms with van der Waals surface area (Å²) in [5.41, 5.74) is 6.27. The molecule has 1 amide bonds. The van der Waals surface area contributed by atoms with E-state index in [1.54, 1.807) is 36.5 Å². The van der Waals surface area contributed by atoms with Crippen molar-refractivity contribution in [3.05, 3.63) is 166 Å². The average molecular weight is 1100 g/mol. The first-order chi connectivity index (χ1) is 35.3. The fraction of sp³-hybridized carbons (Fsp3) is 0.145. The van der Waals surface area contributed by atoms with Gasteiger partial charge >= 0.3 is 6.18 Å². The number of carbonyl (C=O) groups is 1. The third kappa shape index (κ3) is 12.4. The number of ether oxygens (including phenoxy) is 4. The molecule has 388 valence electrons. The van der Waals surface area contributed by atoms with Crippen molar-refractivity contribution in [3.8, 4) is 45.3 Å². The first-order valence-corrected chi connectivity index (χ1v) is 23.5. The number of allylic oxidation sites excluding steroid dienone is 1. The number of aryl methyl sites for hydroxylation is 2. The lowest BCUT2D eigenvalue weighted by Crippen LogP contribution is -2.12. The second-order valence-corrected chi connectivity index (χ2v) is 17.5. The number of halogens is 7. The molecule has 6 aromatic carbocycles. The van der Waals surface area contributed by atoms with E-state index in [4.69, 9.17) is 65.4 Å². The van der Waals surface area contributed by atoms with Crippen molar-refractivity contribution in [2.75, 3.05) is 49.7 Å². The van der Waals surface area contributed by atoms with Gasteiger partial charge in [0, 0.05) is 52.1 Å². The molecule has 0 atom stereocenters. The van der Waals surface area contributed by atoms with Crippen molar-refractivity contribution >= 4 is 109 Å². The third-order valence-electron chi connectivity index (χ3n) is 11.2. The molecule has 0 radical (unpaired) electrons. The number of alkyl halides is 3. The minimum absolute atomic E-state index is 0. The van der Waals surface area contributed by atoms with Gasteiger partial charge in [-0.2, -0.15) is 13.2 Å². The van der Waals surface area contributed by atoms with Crippen LogP contribution in [0.2, 0.25) is 20.1 Å². The van der Waals surface area contributed by atoms with Gasteiger partial charge in [0.25, 0.3) is 0 Å². The van der Waals surface area contributed by atoms with Crippen LogP contribution >= 0.6 is 46.4 Å². The molecule has 0 spiro atoms. The number of nitrogens with one attached hydrogen (secondary N) is 4. The number of carbonyl (C=O) groups excluding carboxylic acids is 1. The Hall–Kier alpha value is -7.76. The second-order valence-electron chi connectivity index (χ2n) is 16.0. The highest BCUT2D eigenvalue weighted by Gasteiger charge is 2.35. The molecule has 2 heterocycles. The summed E-state index contributed by atoms with van der Waals surface area (Å²) >= 11 is 26.3. The average Bonchev–Trinajstić information content (AvgIpc) is 3.37. The van der Waals surface area contributed by atoms with Crippen LogP contribution in [0.1, 0.15) is 24.1 Å². The second kappa shape index (κ2) is 24.1. The van der Waals surface area contributed by atoms with Gasteiger partial charge in [0.15, 0.2) is 0 Å². The van der Waals surface area contributed by atoms with Crippen molar-refractivity contribution < 1.29 is 36.9 Å². The van der Waals surface area contributed by atoms with E-state index in [2.05, 4.69) is 60.9 Å². The van der Waals surface area contributed by atoms with Crippen molar-refractivity contribution in [1.82, 2.24) is 19.9 Å². The molecule has 0 aliphatic carbocycles. The normalized spacial score (nSPS) is 10.8. The zero-order chi connectivity index (χ0) is 53.6.